The molecule has 144 valence electrons. The molecule has 0 radical (unpaired) electrons. The van der Waals surface area contributed by atoms with Gasteiger partial charge in [-0.25, -0.2) is 8.42 Å². The van der Waals surface area contributed by atoms with Crippen molar-refractivity contribution in [2.75, 3.05) is 10.0 Å². The van der Waals surface area contributed by atoms with E-state index in [9.17, 15) is 13.2 Å². The van der Waals surface area contributed by atoms with Gasteiger partial charge in [0.05, 0.1) is 11.1 Å². The summed E-state index contributed by atoms with van der Waals surface area (Å²) in [6.07, 6.45) is 4.33. The summed E-state index contributed by atoms with van der Waals surface area (Å²) in [4.78, 5) is 12.4. The molecule has 0 unspecified atom stereocenters. The molecule has 0 saturated heterocycles. The number of amides is 1. The van der Waals surface area contributed by atoms with Gasteiger partial charge in [-0.1, -0.05) is 11.2 Å². The number of rotatable bonds is 5. The first-order valence-electron chi connectivity index (χ1n) is 8.90. The molecule has 1 aromatic heterocycles. The molecule has 0 saturated carbocycles. The highest BCUT2D eigenvalue weighted by molar-refractivity contribution is 7.92. The van der Waals surface area contributed by atoms with Crippen LogP contribution in [0.3, 0.4) is 0 Å². The van der Waals surface area contributed by atoms with Crippen molar-refractivity contribution in [1.29, 1.82) is 0 Å². The van der Waals surface area contributed by atoms with Crippen LogP contribution in [0, 0.1) is 6.92 Å². The number of hydrogen-bond donors (Lipinski definition) is 2. The first kappa shape index (κ1) is 18.2. The lowest BCUT2D eigenvalue weighted by molar-refractivity contribution is 0.102. The quantitative estimate of drug-likeness (QED) is 0.686. The normalized spacial score (nSPS) is 13.2. The molecule has 2 aromatic carbocycles. The van der Waals surface area contributed by atoms with Crippen LogP contribution in [-0.2, 0) is 22.9 Å². The average Bonchev–Trinajstić information content (AvgIpc) is 3.31. The first-order valence-corrected chi connectivity index (χ1v) is 10.4. The maximum absolute atomic E-state index is 12.7. The zero-order chi connectivity index (χ0) is 19.7. The Bertz CT molecular complexity index is 1130. The fraction of sp³-hybridized carbons (Fsp3) is 0.200. The molecule has 2 N–H and O–H groups in total. The van der Waals surface area contributed by atoms with Gasteiger partial charge in [0.1, 0.15) is 11.3 Å². The SMILES string of the molecule is Cc1oncc1C(=O)Nc1ccc(NS(=O)(=O)c2ccc3c(c2)CCC3)cc1. The lowest BCUT2D eigenvalue weighted by Crippen LogP contribution is -2.14. The summed E-state index contributed by atoms with van der Waals surface area (Å²) in [5, 5.41) is 6.30. The molecule has 7 nitrogen and oxygen atoms in total. The van der Waals surface area contributed by atoms with Crippen LogP contribution in [0.1, 0.15) is 33.7 Å². The van der Waals surface area contributed by atoms with Crippen molar-refractivity contribution in [2.45, 2.75) is 31.1 Å². The molecule has 1 heterocycles. The van der Waals surface area contributed by atoms with E-state index in [-0.39, 0.29) is 10.8 Å². The highest BCUT2D eigenvalue weighted by atomic mass is 32.2. The van der Waals surface area contributed by atoms with E-state index < -0.39 is 10.0 Å². The van der Waals surface area contributed by atoms with E-state index >= 15 is 0 Å². The lowest BCUT2D eigenvalue weighted by Gasteiger charge is -2.10. The first-order chi connectivity index (χ1) is 13.4. The summed E-state index contributed by atoms with van der Waals surface area (Å²) >= 11 is 0. The molecule has 28 heavy (non-hydrogen) atoms. The van der Waals surface area contributed by atoms with Gasteiger partial charge in [-0.05, 0) is 73.7 Å². The molecule has 4 rings (SSSR count). The predicted octanol–water partition coefficient (Wildman–Crippen LogP) is 3.52. The number of nitrogens with zero attached hydrogens (tertiary/aromatic N) is 1. The number of carbonyl (C=O) groups is 1. The highest BCUT2D eigenvalue weighted by Gasteiger charge is 2.19. The second kappa shape index (κ2) is 7.12. The minimum absolute atomic E-state index is 0.258. The number of carbonyl (C=O) groups excluding carboxylic acids is 1. The Labute approximate surface area is 162 Å². The molecule has 0 bridgehead atoms. The summed E-state index contributed by atoms with van der Waals surface area (Å²) in [7, 11) is -3.67. The molecule has 0 spiro atoms. The van der Waals surface area contributed by atoms with Crippen LogP contribution in [-0.4, -0.2) is 19.5 Å². The van der Waals surface area contributed by atoms with E-state index in [0.717, 1.165) is 24.8 Å². The molecule has 3 aromatic rings. The Hall–Kier alpha value is -3.13. The molecule has 0 aliphatic heterocycles. The van der Waals surface area contributed by atoms with E-state index in [1.807, 2.05) is 6.07 Å². The summed E-state index contributed by atoms with van der Waals surface area (Å²) in [6, 6.07) is 11.7. The van der Waals surface area contributed by atoms with Gasteiger partial charge >= 0.3 is 0 Å². The number of anilines is 2. The number of benzene rings is 2. The van der Waals surface area contributed by atoms with Crippen LogP contribution in [0.2, 0.25) is 0 Å². The Morgan fingerprint density at radius 2 is 1.75 bits per heavy atom. The van der Waals surface area contributed by atoms with Crippen LogP contribution < -0.4 is 10.0 Å². The van der Waals surface area contributed by atoms with E-state index in [4.69, 9.17) is 4.52 Å². The fourth-order valence-electron chi connectivity index (χ4n) is 3.27. The summed E-state index contributed by atoms with van der Waals surface area (Å²) in [6.45, 7) is 1.65. The third-order valence-electron chi connectivity index (χ3n) is 4.77. The second-order valence-electron chi connectivity index (χ2n) is 6.72. The predicted molar refractivity (Wildman–Crippen MR) is 105 cm³/mol. The Kier molecular flexibility index (Phi) is 4.64. The van der Waals surface area contributed by atoms with Crippen molar-refractivity contribution >= 4 is 27.3 Å². The van der Waals surface area contributed by atoms with Gasteiger partial charge in [-0.2, -0.15) is 0 Å². The maximum Gasteiger partial charge on any atom is 0.261 e. The number of nitrogens with one attached hydrogen (secondary N) is 2. The lowest BCUT2D eigenvalue weighted by atomic mass is 10.1. The van der Waals surface area contributed by atoms with Gasteiger partial charge in [0.2, 0.25) is 0 Å². The van der Waals surface area contributed by atoms with Gasteiger partial charge in [-0.3, -0.25) is 9.52 Å². The van der Waals surface area contributed by atoms with Gasteiger partial charge < -0.3 is 9.84 Å². The largest absolute Gasteiger partial charge is 0.361 e. The number of hydrogen-bond acceptors (Lipinski definition) is 5. The van der Waals surface area contributed by atoms with Crippen molar-refractivity contribution in [1.82, 2.24) is 5.16 Å². The van der Waals surface area contributed by atoms with Crippen molar-refractivity contribution in [3.8, 4) is 0 Å². The smallest absolute Gasteiger partial charge is 0.261 e. The number of aryl methyl sites for hydroxylation is 3. The topological polar surface area (TPSA) is 101 Å². The monoisotopic (exact) mass is 397 g/mol. The van der Waals surface area contributed by atoms with E-state index in [1.165, 1.54) is 11.8 Å². The van der Waals surface area contributed by atoms with E-state index in [0.29, 0.717) is 22.7 Å². The number of fused-ring (bicyclic) bond motifs is 1. The minimum Gasteiger partial charge on any atom is -0.361 e. The fourth-order valence-corrected chi connectivity index (χ4v) is 4.37. The molecule has 1 amide bonds. The van der Waals surface area contributed by atoms with Crippen LogP contribution in [0.4, 0.5) is 11.4 Å². The van der Waals surface area contributed by atoms with Crippen LogP contribution in [0.5, 0.6) is 0 Å². The molecule has 0 fully saturated rings. The van der Waals surface area contributed by atoms with Gasteiger partial charge in [-0.15, -0.1) is 0 Å². The van der Waals surface area contributed by atoms with Crippen LogP contribution in [0.25, 0.3) is 0 Å². The molecular formula is C20H19N3O4S. The van der Waals surface area contributed by atoms with Crippen molar-refractivity contribution in [3.05, 3.63) is 71.1 Å². The van der Waals surface area contributed by atoms with Crippen molar-refractivity contribution in [2.24, 2.45) is 0 Å². The van der Waals surface area contributed by atoms with Gasteiger partial charge in [0.25, 0.3) is 15.9 Å². The summed E-state index contributed by atoms with van der Waals surface area (Å²) in [5.74, 6) is 0.0847. The van der Waals surface area contributed by atoms with Crippen LogP contribution in [0.15, 0.2) is 58.1 Å². The third kappa shape index (κ3) is 3.63. The van der Waals surface area contributed by atoms with Crippen molar-refractivity contribution < 1.29 is 17.7 Å². The Balaban J connectivity index is 1.47. The maximum atomic E-state index is 12.7. The molecule has 0 atom stereocenters. The number of aromatic nitrogens is 1. The summed E-state index contributed by atoms with van der Waals surface area (Å²) < 4.78 is 32.8. The van der Waals surface area contributed by atoms with Gasteiger partial charge in [0.15, 0.2) is 0 Å². The third-order valence-corrected chi connectivity index (χ3v) is 6.15. The van der Waals surface area contributed by atoms with E-state index in [1.54, 1.807) is 43.3 Å². The zero-order valence-electron chi connectivity index (χ0n) is 15.2. The Morgan fingerprint density at radius 1 is 1.04 bits per heavy atom. The van der Waals surface area contributed by atoms with Crippen LogP contribution >= 0.6 is 0 Å². The molecule has 1 aliphatic rings. The Morgan fingerprint density at radius 3 is 2.46 bits per heavy atom. The summed E-state index contributed by atoms with van der Waals surface area (Å²) in [5.41, 5.74) is 3.62. The molecular weight excluding hydrogens is 378 g/mol. The average molecular weight is 397 g/mol. The second-order valence-corrected chi connectivity index (χ2v) is 8.40. The molecule has 1 aliphatic carbocycles. The van der Waals surface area contributed by atoms with E-state index in [2.05, 4.69) is 15.2 Å². The van der Waals surface area contributed by atoms with Crippen molar-refractivity contribution in [3.63, 3.8) is 0 Å². The zero-order valence-corrected chi connectivity index (χ0v) is 16.0. The minimum atomic E-state index is -3.67. The highest BCUT2D eigenvalue weighted by Crippen LogP contribution is 2.26. The molecule has 8 heteroatoms. The number of sulfonamides is 1. The van der Waals surface area contributed by atoms with Gasteiger partial charge in [0, 0.05) is 11.4 Å². The standard InChI is InChI=1S/C20H19N3O4S/c1-13-19(12-21-27-13)20(24)22-16-6-8-17(9-7-16)23-28(25,26)18-10-5-14-3-2-4-15(14)11-18/h5-12,23H,2-4H2,1H3,(H,22,24).